The number of halogens is 2. The smallest absolute Gasteiger partial charge is 0.158 e. The Balaban J connectivity index is 2.23. The quantitative estimate of drug-likeness (QED) is 0.873. The van der Waals surface area contributed by atoms with Crippen molar-refractivity contribution in [2.45, 2.75) is 6.61 Å². The predicted octanol–water partition coefficient (Wildman–Crippen LogP) is 3.18. The number of aromatic nitrogens is 3. The number of nitrogens with zero attached hydrogens (tertiary/aromatic N) is 3. The summed E-state index contributed by atoms with van der Waals surface area (Å²) in [5.41, 5.74) is 0.808. The summed E-state index contributed by atoms with van der Waals surface area (Å²) in [6.07, 6.45) is 3.39. The van der Waals surface area contributed by atoms with E-state index in [0.717, 1.165) is 10.2 Å². The van der Waals surface area contributed by atoms with Crippen molar-refractivity contribution in [2.24, 2.45) is 0 Å². The summed E-state index contributed by atoms with van der Waals surface area (Å²) in [5, 5.41) is 3.46. The Labute approximate surface area is 118 Å². The highest BCUT2D eigenvalue weighted by atomic mass is 79.9. The summed E-state index contributed by atoms with van der Waals surface area (Å²) in [4.78, 5) is 12.4. The second-order valence-electron chi connectivity index (χ2n) is 3.44. The number of rotatable bonds is 4. The van der Waals surface area contributed by atoms with Crippen molar-refractivity contribution in [3.8, 4) is 0 Å². The van der Waals surface area contributed by atoms with Gasteiger partial charge in [-0.1, -0.05) is 11.6 Å². The van der Waals surface area contributed by atoms with Crippen molar-refractivity contribution in [3.63, 3.8) is 0 Å². The molecule has 0 aliphatic rings. The average Bonchev–Trinajstić information content (AvgIpc) is 2.28. The van der Waals surface area contributed by atoms with Gasteiger partial charge >= 0.3 is 0 Å². The summed E-state index contributed by atoms with van der Waals surface area (Å²) in [6, 6.07) is 3.53. The SMILES string of the molecule is COCc1nc(Cl)cc(Nc2cncc(Br)c2)n1. The molecule has 18 heavy (non-hydrogen) atoms. The number of methoxy groups -OCH3 is 1. The average molecular weight is 330 g/mol. The van der Waals surface area contributed by atoms with Gasteiger partial charge in [0.1, 0.15) is 17.6 Å². The van der Waals surface area contributed by atoms with Gasteiger partial charge in [-0.2, -0.15) is 0 Å². The molecular formula is C11H10BrClN4O. The Morgan fingerprint density at radius 3 is 2.89 bits per heavy atom. The van der Waals surface area contributed by atoms with Crippen molar-refractivity contribution in [2.75, 3.05) is 12.4 Å². The lowest BCUT2D eigenvalue weighted by molar-refractivity contribution is 0.178. The van der Waals surface area contributed by atoms with Gasteiger partial charge in [-0.3, -0.25) is 4.98 Å². The Bertz CT molecular complexity index is 552. The van der Waals surface area contributed by atoms with Crippen molar-refractivity contribution < 1.29 is 4.74 Å². The second-order valence-corrected chi connectivity index (χ2v) is 4.74. The first-order valence-electron chi connectivity index (χ1n) is 5.07. The van der Waals surface area contributed by atoms with Crippen LogP contribution in [-0.2, 0) is 11.3 Å². The molecule has 0 aliphatic carbocycles. The number of pyridine rings is 1. The topological polar surface area (TPSA) is 59.9 Å². The Kier molecular flexibility index (Phi) is 4.46. The van der Waals surface area contributed by atoms with Gasteiger partial charge < -0.3 is 10.1 Å². The molecule has 0 bridgehead atoms. The highest BCUT2D eigenvalue weighted by molar-refractivity contribution is 9.10. The minimum absolute atomic E-state index is 0.311. The molecule has 0 aliphatic heterocycles. The number of hydrogen-bond acceptors (Lipinski definition) is 5. The number of ether oxygens (including phenoxy) is 1. The van der Waals surface area contributed by atoms with Crippen LogP contribution in [0.4, 0.5) is 11.5 Å². The van der Waals surface area contributed by atoms with Crippen LogP contribution < -0.4 is 5.32 Å². The molecular weight excluding hydrogens is 320 g/mol. The predicted molar refractivity (Wildman–Crippen MR) is 73.0 cm³/mol. The first kappa shape index (κ1) is 13.2. The van der Waals surface area contributed by atoms with Crippen molar-refractivity contribution in [1.82, 2.24) is 15.0 Å². The van der Waals surface area contributed by atoms with Gasteiger partial charge in [0.15, 0.2) is 5.82 Å². The minimum atomic E-state index is 0.311. The molecule has 0 spiro atoms. The third-order valence-corrected chi connectivity index (χ3v) is 2.62. The molecule has 0 unspecified atom stereocenters. The number of hydrogen-bond donors (Lipinski definition) is 1. The van der Waals surface area contributed by atoms with E-state index < -0.39 is 0 Å². The van der Waals surface area contributed by atoms with E-state index in [1.165, 1.54) is 0 Å². The van der Waals surface area contributed by atoms with E-state index in [0.29, 0.717) is 23.4 Å². The summed E-state index contributed by atoms with van der Waals surface area (Å²) in [6.45, 7) is 0.311. The largest absolute Gasteiger partial charge is 0.377 e. The number of nitrogens with one attached hydrogen (secondary N) is 1. The van der Waals surface area contributed by atoms with E-state index in [1.54, 1.807) is 25.6 Å². The first-order chi connectivity index (χ1) is 8.67. The van der Waals surface area contributed by atoms with Crippen molar-refractivity contribution >= 4 is 39.0 Å². The summed E-state index contributed by atoms with van der Waals surface area (Å²) in [7, 11) is 1.58. The number of anilines is 2. The van der Waals surface area contributed by atoms with E-state index in [-0.39, 0.29) is 0 Å². The molecule has 0 saturated heterocycles. The zero-order chi connectivity index (χ0) is 13.0. The monoisotopic (exact) mass is 328 g/mol. The van der Waals surface area contributed by atoms with Crippen LogP contribution in [0.15, 0.2) is 29.0 Å². The molecule has 0 amide bonds. The lowest BCUT2D eigenvalue weighted by atomic mass is 10.4. The van der Waals surface area contributed by atoms with Gasteiger partial charge in [-0.15, -0.1) is 0 Å². The molecule has 0 radical (unpaired) electrons. The first-order valence-corrected chi connectivity index (χ1v) is 6.24. The van der Waals surface area contributed by atoms with E-state index in [2.05, 4.69) is 36.2 Å². The van der Waals surface area contributed by atoms with Crippen LogP contribution in [0.25, 0.3) is 0 Å². The molecule has 0 saturated carbocycles. The standard InChI is InChI=1S/C11H10BrClN4O/c1-18-6-11-16-9(13)3-10(17-11)15-8-2-7(12)4-14-5-8/h2-5H,6H2,1H3,(H,15,16,17). The van der Waals surface area contributed by atoms with Crippen LogP contribution in [-0.4, -0.2) is 22.1 Å². The Morgan fingerprint density at radius 2 is 2.17 bits per heavy atom. The third-order valence-electron chi connectivity index (χ3n) is 1.99. The highest BCUT2D eigenvalue weighted by Crippen LogP contribution is 2.19. The Morgan fingerprint density at radius 1 is 1.33 bits per heavy atom. The maximum atomic E-state index is 5.91. The van der Waals surface area contributed by atoms with Gasteiger partial charge in [-0.25, -0.2) is 9.97 Å². The maximum absolute atomic E-state index is 5.91. The van der Waals surface area contributed by atoms with Gasteiger partial charge in [0.25, 0.3) is 0 Å². The fourth-order valence-electron chi connectivity index (χ4n) is 1.35. The molecule has 2 aromatic heterocycles. The molecule has 94 valence electrons. The van der Waals surface area contributed by atoms with Crippen LogP contribution in [0.2, 0.25) is 5.15 Å². The summed E-state index contributed by atoms with van der Waals surface area (Å²) in [5.74, 6) is 1.12. The third kappa shape index (κ3) is 3.63. The highest BCUT2D eigenvalue weighted by Gasteiger charge is 2.04. The zero-order valence-corrected chi connectivity index (χ0v) is 11.9. The summed E-state index contributed by atoms with van der Waals surface area (Å²) < 4.78 is 5.86. The van der Waals surface area contributed by atoms with Crippen LogP contribution in [0.1, 0.15) is 5.82 Å². The van der Waals surface area contributed by atoms with E-state index in [1.807, 2.05) is 6.07 Å². The lowest BCUT2D eigenvalue weighted by Gasteiger charge is -2.07. The second kappa shape index (κ2) is 6.08. The molecule has 5 nitrogen and oxygen atoms in total. The fraction of sp³-hybridized carbons (Fsp3) is 0.182. The minimum Gasteiger partial charge on any atom is -0.377 e. The molecule has 2 rings (SSSR count). The molecule has 7 heteroatoms. The van der Waals surface area contributed by atoms with Gasteiger partial charge in [0.2, 0.25) is 0 Å². The van der Waals surface area contributed by atoms with Crippen molar-refractivity contribution in [3.05, 3.63) is 40.0 Å². The zero-order valence-electron chi connectivity index (χ0n) is 9.52. The molecule has 2 aromatic rings. The molecule has 2 heterocycles. The Hall–Kier alpha value is -1.24. The molecule has 1 N–H and O–H groups in total. The molecule has 0 aromatic carbocycles. The summed E-state index contributed by atoms with van der Waals surface area (Å²) >= 11 is 9.26. The van der Waals surface area contributed by atoms with Gasteiger partial charge in [0, 0.05) is 23.8 Å². The van der Waals surface area contributed by atoms with E-state index >= 15 is 0 Å². The van der Waals surface area contributed by atoms with Crippen LogP contribution in [0.3, 0.4) is 0 Å². The van der Waals surface area contributed by atoms with Crippen molar-refractivity contribution in [1.29, 1.82) is 0 Å². The van der Waals surface area contributed by atoms with E-state index in [9.17, 15) is 0 Å². The molecule has 0 atom stereocenters. The normalized spacial score (nSPS) is 10.4. The van der Waals surface area contributed by atoms with E-state index in [4.69, 9.17) is 16.3 Å². The van der Waals surface area contributed by atoms with Crippen LogP contribution >= 0.6 is 27.5 Å². The van der Waals surface area contributed by atoms with Gasteiger partial charge in [-0.05, 0) is 22.0 Å². The fourth-order valence-corrected chi connectivity index (χ4v) is 1.92. The van der Waals surface area contributed by atoms with Crippen LogP contribution in [0.5, 0.6) is 0 Å². The lowest BCUT2D eigenvalue weighted by Crippen LogP contribution is -2.01. The van der Waals surface area contributed by atoms with Crippen LogP contribution in [0, 0.1) is 0 Å². The maximum Gasteiger partial charge on any atom is 0.158 e. The molecule has 0 fully saturated rings. The van der Waals surface area contributed by atoms with Gasteiger partial charge in [0.05, 0.1) is 11.9 Å².